The number of rotatable bonds is 3. The minimum absolute atomic E-state index is 0.00301. The van der Waals surface area contributed by atoms with Crippen molar-refractivity contribution >= 4 is 17.5 Å². The Morgan fingerprint density at radius 3 is 2.30 bits per heavy atom. The third kappa shape index (κ3) is 2.04. The second-order valence-corrected chi connectivity index (χ2v) is 5.67. The van der Waals surface area contributed by atoms with E-state index in [4.69, 9.17) is 0 Å². The summed E-state index contributed by atoms with van der Waals surface area (Å²) < 4.78 is 0. The molecule has 1 aromatic rings. The largest absolute Gasteiger partial charge is 0.316 e. The van der Waals surface area contributed by atoms with Gasteiger partial charge in [0, 0.05) is 6.54 Å². The van der Waals surface area contributed by atoms with Gasteiger partial charge in [-0.3, -0.25) is 9.59 Å². The fraction of sp³-hybridized carbons (Fsp3) is 0.500. The molecule has 1 aliphatic carbocycles. The molecular weight excluding hydrogens is 252 g/mol. The van der Waals surface area contributed by atoms with Crippen LogP contribution in [-0.2, 0) is 16.1 Å². The molecule has 1 N–H and O–H groups in total. The summed E-state index contributed by atoms with van der Waals surface area (Å²) in [6, 6.07) is 7.67. The number of amides is 2. The molecule has 1 aliphatic heterocycles. The summed E-state index contributed by atoms with van der Waals surface area (Å²) in [6.45, 7) is 0.655. The normalized spacial score (nSPS) is 25.9. The van der Waals surface area contributed by atoms with Crippen LogP contribution < -0.4 is 10.2 Å². The van der Waals surface area contributed by atoms with Gasteiger partial charge in [-0.15, -0.1) is 0 Å². The number of hydrogen-bond donors (Lipinski definition) is 1. The van der Waals surface area contributed by atoms with Crippen molar-refractivity contribution in [3.63, 3.8) is 0 Å². The third-order valence-electron chi connectivity index (χ3n) is 4.44. The van der Waals surface area contributed by atoms with E-state index in [1.54, 1.807) is 0 Å². The van der Waals surface area contributed by atoms with Crippen molar-refractivity contribution in [2.24, 2.45) is 11.8 Å². The zero-order chi connectivity index (χ0) is 14.1. The first-order chi connectivity index (χ1) is 9.74. The number of carbonyl (C=O) groups is 2. The van der Waals surface area contributed by atoms with Crippen molar-refractivity contribution in [3.8, 4) is 0 Å². The van der Waals surface area contributed by atoms with Crippen LogP contribution in [-0.4, -0.2) is 18.9 Å². The van der Waals surface area contributed by atoms with Gasteiger partial charge < -0.3 is 5.32 Å². The Bertz CT molecular complexity index is 517. The van der Waals surface area contributed by atoms with E-state index in [0.29, 0.717) is 6.54 Å². The van der Waals surface area contributed by atoms with E-state index in [1.165, 1.54) is 4.90 Å². The van der Waals surface area contributed by atoms with Crippen molar-refractivity contribution in [3.05, 3.63) is 29.8 Å². The van der Waals surface area contributed by atoms with E-state index in [0.717, 1.165) is 36.9 Å². The molecule has 1 saturated heterocycles. The number of fused-ring (bicyclic) bond motifs is 1. The van der Waals surface area contributed by atoms with Gasteiger partial charge in [0.1, 0.15) is 0 Å². The van der Waals surface area contributed by atoms with E-state index in [2.05, 4.69) is 5.32 Å². The van der Waals surface area contributed by atoms with E-state index >= 15 is 0 Å². The Hall–Kier alpha value is -1.68. The molecule has 0 bridgehead atoms. The predicted molar refractivity (Wildman–Crippen MR) is 77.1 cm³/mol. The van der Waals surface area contributed by atoms with Gasteiger partial charge in [0.2, 0.25) is 11.8 Å². The minimum atomic E-state index is -0.0844. The summed E-state index contributed by atoms with van der Waals surface area (Å²) in [5.74, 6) is -0.163. The first kappa shape index (κ1) is 13.3. The zero-order valence-corrected chi connectivity index (χ0v) is 11.8. The predicted octanol–water partition coefficient (Wildman–Crippen LogP) is 2.09. The molecule has 2 amide bonds. The van der Waals surface area contributed by atoms with Crippen LogP contribution in [0.15, 0.2) is 24.3 Å². The highest BCUT2D eigenvalue weighted by atomic mass is 16.2. The maximum atomic E-state index is 12.6. The van der Waals surface area contributed by atoms with Crippen LogP contribution in [0, 0.1) is 11.8 Å². The number of imide groups is 1. The number of benzene rings is 1. The first-order valence-corrected chi connectivity index (χ1v) is 7.34. The number of anilines is 1. The Morgan fingerprint density at radius 1 is 1.10 bits per heavy atom. The number of para-hydroxylation sites is 1. The van der Waals surface area contributed by atoms with Crippen molar-refractivity contribution < 1.29 is 9.59 Å². The van der Waals surface area contributed by atoms with Crippen molar-refractivity contribution in [2.75, 3.05) is 11.9 Å². The van der Waals surface area contributed by atoms with Crippen molar-refractivity contribution in [1.29, 1.82) is 0 Å². The average molecular weight is 272 g/mol. The summed E-state index contributed by atoms with van der Waals surface area (Å²) in [7, 11) is 1.87. The van der Waals surface area contributed by atoms with E-state index < -0.39 is 0 Å². The lowest BCUT2D eigenvalue weighted by molar-refractivity contribution is -0.122. The monoisotopic (exact) mass is 272 g/mol. The molecule has 4 heteroatoms. The van der Waals surface area contributed by atoms with Crippen LogP contribution in [0.25, 0.3) is 0 Å². The highest BCUT2D eigenvalue weighted by Gasteiger charge is 2.49. The SMILES string of the molecule is CNCc1ccccc1N1C(=O)C2CCCCC2C1=O. The maximum Gasteiger partial charge on any atom is 0.237 e. The second-order valence-electron chi connectivity index (χ2n) is 5.67. The Labute approximate surface area is 119 Å². The standard InChI is InChI=1S/C16H20N2O2/c1-17-10-11-6-2-5-9-14(11)18-15(19)12-7-3-4-8-13(12)16(18)20/h2,5-6,9,12-13,17H,3-4,7-8,10H2,1H3. The summed E-state index contributed by atoms with van der Waals surface area (Å²) in [5.41, 5.74) is 1.75. The fourth-order valence-corrected chi connectivity index (χ4v) is 3.47. The molecule has 0 spiro atoms. The van der Waals surface area contributed by atoms with Crippen LogP contribution >= 0.6 is 0 Å². The molecule has 1 heterocycles. The Morgan fingerprint density at radius 2 is 1.70 bits per heavy atom. The molecule has 1 saturated carbocycles. The molecular formula is C16H20N2O2. The first-order valence-electron chi connectivity index (χ1n) is 7.34. The number of nitrogens with zero attached hydrogens (tertiary/aromatic N) is 1. The molecule has 3 rings (SSSR count). The Kier molecular flexibility index (Phi) is 3.57. The summed E-state index contributed by atoms with van der Waals surface area (Å²) in [5, 5.41) is 3.09. The molecule has 0 radical (unpaired) electrons. The van der Waals surface area contributed by atoms with Gasteiger partial charge in [0.05, 0.1) is 17.5 Å². The van der Waals surface area contributed by atoms with E-state index in [1.807, 2.05) is 31.3 Å². The molecule has 20 heavy (non-hydrogen) atoms. The lowest BCUT2D eigenvalue weighted by atomic mass is 9.81. The quantitative estimate of drug-likeness (QED) is 0.857. The lowest BCUT2D eigenvalue weighted by Crippen LogP contribution is -2.32. The van der Waals surface area contributed by atoms with Gasteiger partial charge in [0.15, 0.2) is 0 Å². The number of hydrogen-bond acceptors (Lipinski definition) is 3. The summed E-state index contributed by atoms with van der Waals surface area (Å²) in [6.07, 6.45) is 3.85. The lowest BCUT2D eigenvalue weighted by Gasteiger charge is -2.19. The highest BCUT2D eigenvalue weighted by molar-refractivity contribution is 6.22. The minimum Gasteiger partial charge on any atom is -0.316 e. The van der Waals surface area contributed by atoms with Crippen molar-refractivity contribution in [1.82, 2.24) is 5.32 Å². The van der Waals surface area contributed by atoms with Crippen LogP contribution in [0.4, 0.5) is 5.69 Å². The number of nitrogens with one attached hydrogen (secondary N) is 1. The van der Waals surface area contributed by atoms with Gasteiger partial charge in [-0.25, -0.2) is 4.90 Å². The Balaban J connectivity index is 1.97. The summed E-state index contributed by atoms with van der Waals surface area (Å²) >= 11 is 0. The van der Waals surface area contributed by atoms with E-state index in [9.17, 15) is 9.59 Å². The average Bonchev–Trinajstić information content (AvgIpc) is 2.73. The zero-order valence-electron chi connectivity index (χ0n) is 11.8. The molecule has 2 aliphatic rings. The van der Waals surface area contributed by atoms with Crippen LogP contribution in [0.1, 0.15) is 31.2 Å². The van der Waals surface area contributed by atoms with Crippen LogP contribution in [0.5, 0.6) is 0 Å². The van der Waals surface area contributed by atoms with Gasteiger partial charge >= 0.3 is 0 Å². The fourth-order valence-electron chi connectivity index (χ4n) is 3.47. The van der Waals surface area contributed by atoms with Gasteiger partial charge in [-0.2, -0.15) is 0 Å². The van der Waals surface area contributed by atoms with Crippen LogP contribution in [0.3, 0.4) is 0 Å². The van der Waals surface area contributed by atoms with E-state index in [-0.39, 0.29) is 23.7 Å². The molecule has 106 valence electrons. The third-order valence-corrected chi connectivity index (χ3v) is 4.44. The smallest absolute Gasteiger partial charge is 0.237 e. The van der Waals surface area contributed by atoms with Crippen LogP contribution in [0.2, 0.25) is 0 Å². The molecule has 0 aromatic heterocycles. The van der Waals surface area contributed by atoms with Gasteiger partial charge in [-0.1, -0.05) is 31.0 Å². The summed E-state index contributed by atoms with van der Waals surface area (Å²) in [4.78, 5) is 26.6. The molecule has 2 unspecified atom stereocenters. The second kappa shape index (κ2) is 5.37. The van der Waals surface area contributed by atoms with Crippen molar-refractivity contribution in [2.45, 2.75) is 32.2 Å². The molecule has 2 fully saturated rings. The van der Waals surface area contributed by atoms with Gasteiger partial charge in [0.25, 0.3) is 0 Å². The van der Waals surface area contributed by atoms with Gasteiger partial charge in [-0.05, 0) is 31.5 Å². The topological polar surface area (TPSA) is 49.4 Å². The molecule has 2 atom stereocenters. The number of carbonyl (C=O) groups excluding carboxylic acids is 2. The highest BCUT2D eigenvalue weighted by Crippen LogP contribution is 2.40. The molecule has 4 nitrogen and oxygen atoms in total. The maximum absolute atomic E-state index is 12.6. The molecule has 1 aromatic carbocycles.